The number of hydrogen-bond donors (Lipinski definition) is 2. The molecule has 0 amide bonds. The maximum atomic E-state index is 11.5. The third-order valence-electron chi connectivity index (χ3n) is 5.85. The van der Waals surface area contributed by atoms with Gasteiger partial charge in [0, 0.05) is 5.38 Å². The van der Waals surface area contributed by atoms with E-state index in [4.69, 9.17) is 16.3 Å². The second-order valence-corrected chi connectivity index (χ2v) is 8.30. The Morgan fingerprint density at radius 3 is 2.59 bits per heavy atom. The average molecular weight is 391 g/mol. The molecule has 0 unspecified atom stereocenters. The van der Waals surface area contributed by atoms with Crippen LogP contribution in [0, 0.1) is 23.7 Å². The molecule has 27 heavy (non-hydrogen) atoms. The van der Waals surface area contributed by atoms with Crippen molar-refractivity contribution in [3.8, 4) is 11.8 Å². The van der Waals surface area contributed by atoms with Crippen molar-refractivity contribution >= 4 is 17.6 Å². The number of aliphatic hydroxyl groups excluding tert-OH is 1. The number of aliphatic hydroxyl groups is 2. The zero-order valence-electron chi connectivity index (χ0n) is 15.7. The highest BCUT2D eigenvalue weighted by Gasteiger charge is 2.41. The molecule has 0 saturated heterocycles. The van der Waals surface area contributed by atoms with Gasteiger partial charge in [-0.3, -0.25) is 0 Å². The van der Waals surface area contributed by atoms with Gasteiger partial charge in [0.15, 0.2) is 0 Å². The van der Waals surface area contributed by atoms with Crippen molar-refractivity contribution in [2.45, 2.75) is 62.0 Å². The van der Waals surface area contributed by atoms with E-state index in [1.54, 1.807) is 12.1 Å². The predicted octanol–water partition coefficient (Wildman–Crippen LogP) is 3.32. The lowest BCUT2D eigenvalue weighted by Crippen LogP contribution is -2.24. The largest absolute Gasteiger partial charge is 0.465 e. The molecule has 0 aromatic heterocycles. The summed E-state index contributed by atoms with van der Waals surface area (Å²) in [6, 6.07) is 7.36. The minimum absolute atomic E-state index is 0.0828. The number of alkyl halides is 1. The first-order valence-electron chi connectivity index (χ1n) is 9.66. The second-order valence-electron chi connectivity index (χ2n) is 7.74. The standard InChI is InChI=1S/C22H27ClO4/c1-27-21(25)16-7-4-15(5-8-16)6-9-17-18(20(24)14-19(17)23)10-13-22(26)11-2-3-12-22/h4-5,7-8,17-20,24,26H,2-3,6,9,11-12,14H2,1H3/t17-,18-,19-,20-/m1/s1. The number of carbonyl (C=O) groups excluding carboxylic acids is 1. The first-order chi connectivity index (χ1) is 12.9. The van der Waals surface area contributed by atoms with Crippen molar-refractivity contribution in [1.82, 2.24) is 0 Å². The fourth-order valence-corrected chi connectivity index (χ4v) is 4.65. The summed E-state index contributed by atoms with van der Waals surface area (Å²) in [5, 5.41) is 20.7. The molecular weight excluding hydrogens is 364 g/mol. The van der Waals surface area contributed by atoms with Gasteiger partial charge in [-0.25, -0.2) is 4.79 Å². The van der Waals surface area contributed by atoms with Crippen LogP contribution >= 0.6 is 11.6 Å². The highest BCUT2D eigenvalue weighted by Crippen LogP contribution is 2.39. The maximum absolute atomic E-state index is 11.5. The molecule has 146 valence electrons. The lowest BCUT2D eigenvalue weighted by atomic mass is 9.88. The molecule has 3 rings (SSSR count). The predicted molar refractivity (Wildman–Crippen MR) is 105 cm³/mol. The van der Waals surface area contributed by atoms with Crippen molar-refractivity contribution in [2.75, 3.05) is 7.11 Å². The fourth-order valence-electron chi connectivity index (χ4n) is 4.19. The highest BCUT2D eigenvalue weighted by atomic mass is 35.5. The molecule has 1 aromatic carbocycles. The van der Waals surface area contributed by atoms with Crippen molar-refractivity contribution in [1.29, 1.82) is 0 Å². The van der Waals surface area contributed by atoms with Crippen LogP contribution in [0.4, 0.5) is 0 Å². The molecule has 0 spiro atoms. The van der Waals surface area contributed by atoms with E-state index in [1.165, 1.54) is 7.11 Å². The van der Waals surface area contributed by atoms with E-state index in [1.807, 2.05) is 12.1 Å². The fraction of sp³-hybridized carbons (Fsp3) is 0.591. The quantitative estimate of drug-likeness (QED) is 0.470. The number of aryl methyl sites for hydroxylation is 1. The summed E-state index contributed by atoms with van der Waals surface area (Å²) >= 11 is 6.50. The summed E-state index contributed by atoms with van der Waals surface area (Å²) in [5.41, 5.74) is 0.744. The molecule has 2 saturated carbocycles. The molecule has 2 aliphatic rings. The van der Waals surface area contributed by atoms with Crippen LogP contribution < -0.4 is 0 Å². The topological polar surface area (TPSA) is 66.8 Å². The second kappa shape index (κ2) is 8.65. The van der Waals surface area contributed by atoms with Gasteiger partial charge in [0.25, 0.3) is 0 Å². The van der Waals surface area contributed by atoms with E-state index in [2.05, 4.69) is 11.8 Å². The summed E-state index contributed by atoms with van der Waals surface area (Å²) in [6.07, 6.45) is 5.02. The van der Waals surface area contributed by atoms with E-state index < -0.39 is 11.7 Å². The van der Waals surface area contributed by atoms with Crippen molar-refractivity contribution in [2.24, 2.45) is 11.8 Å². The maximum Gasteiger partial charge on any atom is 0.337 e. The van der Waals surface area contributed by atoms with E-state index in [0.29, 0.717) is 24.8 Å². The first-order valence-corrected chi connectivity index (χ1v) is 10.1. The minimum Gasteiger partial charge on any atom is -0.465 e. The van der Waals surface area contributed by atoms with Crippen LogP contribution in [-0.2, 0) is 11.2 Å². The van der Waals surface area contributed by atoms with Gasteiger partial charge in [0.1, 0.15) is 5.60 Å². The third kappa shape index (κ3) is 4.85. The van der Waals surface area contributed by atoms with Gasteiger partial charge in [0.05, 0.1) is 24.7 Å². The summed E-state index contributed by atoms with van der Waals surface area (Å²) < 4.78 is 4.71. The Bertz CT molecular complexity index is 712. The molecule has 5 heteroatoms. The molecule has 0 bridgehead atoms. The lowest BCUT2D eigenvalue weighted by molar-refractivity contribution is 0.0600. The summed E-state index contributed by atoms with van der Waals surface area (Å²) in [4.78, 5) is 11.5. The van der Waals surface area contributed by atoms with E-state index in [-0.39, 0.29) is 23.2 Å². The summed E-state index contributed by atoms with van der Waals surface area (Å²) in [6.45, 7) is 0. The van der Waals surface area contributed by atoms with Gasteiger partial charge in [-0.2, -0.15) is 0 Å². The van der Waals surface area contributed by atoms with Gasteiger partial charge in [-0.1, -0.05) is 24.0 Å². The Morgan fingerprint density at radius 1 is 1.30 bits per heavy atom. The van der Waals surface area contributed by atoms with Crippen LogP contribution in [0.1, 0.15) is 54.4 Å². The number of esters is 1. The zero-order valence-corrected chi connectivity index (χ0v) is 16.4. The number of rotatable bonds is 4. The Hall–Kier alpha value is -1.54. The van der Waals surface area contributed by atoms with Gasteiger partial charge >= 0.3 is 5.97 Å². The Balaban J connectivity index is 1.65. The van der Waals surface area contributed by atoms with Crippen molar-refractivity contribution in [3.05, 3.63) is 35.4 Å². The van der Waals surface area contributed by atoms with Crippen LogP contribution in [0.3, 0.4) is 0 Å². The molecule has 2 aliphatic carbocycles. The van der Waals surface area contributed by atoms with Crippen molar-refractivity contribution in [3.63, 3.8) is 0 Å². The number of methoxy groups -OCH3 is 1. The number of hydrogen-bond acceptors (Lipinski definition) is 4. The van der Waals surface area contributed by atoms with E-state index in [9.17, 15) is 15.0 Å². The monoisotopic (exact) mass is 390 g/mol. The summed E-state index contributed by atoms with van der Waals surface area (Å²) in [5.74, 6) is 5.74. The molecule has 4 atom stereocenters. The highest BCUT2D eigenvalue weighted by molar-refractivity contribution is 6.21. The summed E-state index contributed by atoms with van der Waals surface area (Å²) in [7, 11) is 1.37. The molecule has 1 aromatic rings. The molecule has 4 nitrogen and oxygen atoms in total. The zero-order chi connectivity index (χ0) is 19.4. The molecule has 2 N–H and O–H groups in total. The molecule has 0 radical (unpaired) electrons. The first kappa shape index (κ1) is 20.2. The number of ether oxygens (including phenoxy) is 1. The van der Waals surface area contributed by atoms with Crippen LogP contribution in [0.5, 0.6) is 0 Å². The lowest BCUT2D eigenvalue weighted by Gasteiger charge is -2.20. The van der Waals surface area contributed by atoms with Crippen molar-refractivity contribution < 1.29 is 19.7 Å². The van der Waals surface area contributed by atoms with Crippen LogP contribution in [-0.4, -0.2) is 40.4 Å². The molecule has 0 heterocycles. The molecular formula is C22H27ClO4. The Kier molecular flexibility index (Phi) is 6.47. The Morgan fingerprint density at radius 2 is 1.96 bits per heavy atom. The number of halogens is 1. The third-order valence-corrected chi connectivity index (χ3v) is 6.35. The van der Waals surface area contributed by atoms with Gasteiger partial charge < -0.3 is 14.9 Å². The van der Waals surface area contributed by atoms with Crippen LogP contribution in [0.15, 0.2) is 24.3 Å². The van der Waals surface area contributed by atoms with Gasteiger partial charge in [-0.05, 0) is 68.6 Å². The van der Waals surface area contributed by atoms with Gasteiger partial charge in [-0.15, -0.1) is 11.6 Å². The number of carbonyl (C=O) groups is 1. The van der Waals surface area contributed by atoms with E-state index in [0.717, 1.165) is 31.2 Å². The average Bonchev–Trinajstić information content (AvgIpc) is 3.21. The van der Waals surface area contributed by atoms with Crippen LogP contribution in [0.25, 0.3) is 0 Å². The minimum atomic E-state index is -0.890. The van der Waals surface area contributed by atoms with E-state index >= 15 is 0 Å². The normalized spacial score (nSPS) is 29.2. The Labute approximate surface area is 165 Å². The van der Waals surface area contributed by atoms with Crippen LogP contribution in [0.2, 0.25) is 0 Å². The SMILES string of the molecule is COC(=O)c1ccc(CC[C@@H]2[C@@H](C#CC3(O)CCCC3)[C@H](O)C[C@H]2Cl)cc1. The molecule has 0 aliphatic heterocycles. The number of benzene rings is 1. The van der Waals surface area contributed by atoms with Gasteiger partial charge in [0.2, 0.25) is 0 Å². The molecule has 2 fully saturated rings. The smallest absolute Gasteiger partial charge is 0.337 e.